The average Bonchev–Trinajstić information content (AvgIpc) is 3.07. The number of hydrogen-bond acceptors (Lipinski definition) is 3. The lowest BCUT2D eigenvalue weighted by Crippen LogP contribution is -2.21. The Morgan fingerprint density at radius 2 is 2.00 bits per heavy atom. The molecule has 1 aliphatic rings. The second kappa shape index (κ2) is 4.96. The highest BCUT2D eigenvalue weighted by molar-refractivity contribution is 5.40. The van der Waals surface area contributed by atoms with E-state index in [1.165, 1.54) is 12.8 Å². The lowest BCUT2D eigenvalue weighted by atomic mass is 10.1. The molecule has 0 atom stereocenters. The fourth-order valence-corrected chi connectivity index (χ4v) is 1.91. The molecule has 2 rings (SSSR count). The molecule has 1 fully saturated rings. The van der Waals surface area contributed by atoms with Crippen molar-refractivity contribution in [2.75, 3.05) is 20.8 Å². The minimum absolute atomic E-state index is 0.534. The van der Waals surface area contributed by atoms with Gasteiger partial charge in [-0.25, -0.2) is 0 Å². The molecule has 3 nitrogen and oxygen atoms in total. The lowest BCUT2D eigenvalue weighted by Gasteiger charge is -2.13. The topological polar surface area (TPSA) is 30.5 Å². The van der Waals surface area contributed by atoms with E-state index < -0.39 is 0 Å². The third-order valence-corrected chi connectivity index (χ3v) is 3.46. The Hall–Kier alpha value is -1.22. The van der Waals surface area contributed by atoms with Crippen LogP contribution < -0.4 is 14.8 Å². The molecule has 0 aliphatic heterocycles. The maximum atomic E-state index is 5.35. The van der Waals surface area contributed by atoms with Gasteiger partial charge in [0.05, 0.1) is 14.2 Å². The largest absolute Gasteiger partial charge is 0.497 e. The zero-order chi connectivity index (χ0) is 12.3. The fraction of sp³-hybridized carbons (Fsp3) is 0.571. The first-order valence-electron chi connectivity index (χ1n) is 6.08. The quantitative estimate of drug-likeness (QED) is 0.822. The van der Waals surface area contributed by atoms with Crippen LogP contribution >= 0.6 is 0 Å². The van der Waals surface area contributed by atoms with Gasteiger partial charge in [-0.05, 0) is 36.5 Å². The summed E-state index contributed by atoms with van der Waals surface area (Å²) in [6.45, 7) is 4.23. The summed E-state index contributed by atoms with van der Waals surface area (Å²) >= 11 is 0. The summed E-state index contributed by atoms with van der Waals surface area (Å²) in [7, 11) is 3.39. The van der Waals surface area contributed by atoms with Crippen LogP contribution in [0.5, 0.6) is 11.5 Å². The van der Waals surface area contributed by atoms with Gasteiger partial charge in [0.15, 0.2) is 0 Å². The van der Waals surface area contributed by atoms with Crippen molar-refractivity contribution in [2.45, 2.75) is 26.3 Å². The van der Waals surface area contributed by atoms with Crippen molar-refractivity contribution >= 4 is 0 Å². The molecule has 0 saturated heterocycles. The van der Waals surface area contributed by atoms with E-state index >= 15 is 0 Å². The van der Waals surface area contributed by atoms with Gasteiger partial charge in [0.2, 0.25) is 0 Å². The molecule has 94 valence electrons. The first-order valence-corrected chi connectivity index (χ1v) is 6.08. The van der Waals surface area contributed by atoms with Crippen LogP contribution in [-0.2, 0) is 6.54 Å². The monoisotopic (exact) mass is 235 g/mol. The van der Waals surface area contributed by atoms with Gasteiger partial charge in [-0.2, -0.15) is 0 Å². The van der Waals surface area contributed by atoms with Crippen LogP contribution in [0.15, 0.2) is 18.2 Å². The van der Waals surface area contributed by atoms with Crippen molar-refractivity contribution in [3.05, 3.63) is 23.8 Å². The highest BCUT2D eigenvalue weighted by atomic mass is 16.5. The van der Waals surface area contributed by atoms with Gasteiger partial charge >= 0.3 is 0 Å². The third-order valence-electron chi connectivity index (χ3n) is 3.46. The summed E-state index contributed by atoms with van der Waals surface area (Å²) in [6, 6.07) is 5.90. The molecular formula is C14H21NO2. The number of ether oxygens (including phenoxy) is 2. The van der Waals surface area contributed by atoms with E-state index in [0.717, 1.165) is 30.2 Å². The van der Waals surface area contributed by atoms with Crippen LogP contribution in [0, 0.1) is 5.41 Å². The summed E-state index contributed by atoms with van der Waals surface area (Å²) < 4.78 is 10.6. The molecule has 1 aromatic carbocycles. The number of rotatable bonds is 6. The van der Waals surface area contributed by atoms with Crippen molar-refractivity contribution in [3.63, 3.8) is 0 Å². The van der Waals surface area contributed by atoms with E-state index in [1.807, 2.05) is 18.2 Å². The first-order chi connectivity index (χ1) is 8.17. The fourth-order valence-electron chi connectivity index (χ4n) is 1.91. The lowest BCUT2D eigenvalue weighted by molar-refractivity contribution is 0.395. The molecule has 1 saturated carbocycles. The summed E-state index contributed by atoms with van der Waals surface area (Å²) in [5, 5.41) is 3.49. The molecule has 0 amide bonds. The van der Waals surface area contributed by atoms with E-state index in [-0.39, 0.29) is 0 Å². The first kappa shape index (κ1) is 12.2. The van der Waals surface area contributed by atoms with Crippen LogP contribution in [0.1, 0.15) is 25.3 Å². The molecule has 0 spiro atoms. The Morgan fingerprint density at radius 3 is 2.59 bits per heavy atom. The Bertz CT molecular complexity index is 386. The molecule has 1 aromatic rings. The molecule has 0 bridgehead atoms. The second-order valence-electron chi connectivity index (χ2n) is 5.09. The minimum Gasteiger partial charge on any atom is -0.497 e. The van der Waals surface area contributed by atoms with E-state index in [0.29, 0.717) is 5.41 Å². The van der Waals surface area contributed by atoms with Crippen molar-refractivity contribution in [1.82, 2.24) is 5.32 Å². The minimum atomic E-state index is 0.534. The van der Waals surface area contributed by atoms with Crippen molar-refractivity contribution in [1.29, 1.82) is 0 Å². The number of benzene rings is 1. The Balaban J connectivity index is 1.97. The van der Waals surface area contributed by atoms with Crippen LogP contribution in [0.4, 0.5) is 0 Å². The normalized spacial score (nSPS) is 16.6. The molecule has 1 N–H and O–H groups in total. The van der Waals surface area contributed by atoms with Gasteiger partial charge in [-0.1, -0.05) is 6.92 Å². The summed E-state index contributed by atoms with van der Waals surface area (Å²) in [4.78, 5) is 0. The summed E-state index contributed by atoms with van der Waals surface area (Å²) in [6.07, 6.45) is 2.69. The van der Waals surface area contributed by atoms with Crippen molar-refractivity contribution in [2.24, 2.45) is 5.41 Å². The molecule has 0 aromatic heterocycles. The van der Waals surface area contributed by atoms with Gasteiger partial charge in [-0.3, -0.25) is 0 Å². The molecular weight excluding hydrogens is 214 g/mol. The van der Waals surface area contributed by atoms with Gasteiger partial charge in [-0.15, -0.1) is 0 Å². The van der Waals surface area contributed by atoms with Crippen LogP contribution in [0.3, 0.4) is 0 Å². The molecule has 1 aliphatic carbocycles. The number of methoxy groups -OCH3 is 2. The predicted octanol–water partition coefficient (Wildman–Crippen LogP) is 2.59. The standard InChI is InChI=1S/C14H21NO2/c1-14(6-7-14)10-15-9-11-8-12(16-2)4-5-13(11)17-3/h4-5,8,15H,6-7,9-10H2,1-3H3. The van der Waals surface area contributed by atoms with E-state index in [2.05, 4.69) is 12.2 Å². The maximum absolute atomic E-state index is 5.35. The van der Waals surface area contributed by atoms with E-state index in [4.69, 9.17) is 9.47 Å². The number of nitrogens with one attached hydrogen (secondary N) is 1. The third kappa shape index (κ3) is 3.13. The molecule has 17 heavy (non-hydrogen) atoms. The Labute approximate surface area is 103 Å². The highest BCUT2D eigenvalue weighted by Gasteiger charge is 2.36. The van der Waals surface area contributed by atoms with Gasteiger partial charge < -0.3 is 14.8 Å². The zero-order valence-corrected chi connectivity index (χ0v) is 10.9. The molecule has 0 unspecified atom stereocenters. The van der Waals surface area contributed by atoms with Crippen molar-refractivity contribution < 1.29 is 9.47 Å². The van der Waals surface area contributed by atoms with Gasteiger partial charge in [0.25, 0.3) is 0 Å². The SMILES string of the molecule is COc1ccc(OC)c(CNCC2(C)CC2)c1. The Morgan fingerprint density at radius 1 is 1.24 bits per heavy atom. The van der Waals surface area contributed by atoms with Gasteiger partial charge in [0.1, 0.15) is 11.5 Å². The second-order valence-corrected chi connectivity index (χ2v) is 5.09. The van der Waals surface area contributed by atoms with E-state index in [9.17, 15) is 0 Å². The summed E-state index contributed by atoms with van der Waals surface area (Å²) in [5.74, 6) is 1.79. The molecule has 3 heteroatoms. The van der Waals surface area contributed by atoms with Crippen LogP contribution in [0.25, 0.3) is 0 Å². The smallest absolute Gasteiger partial charge is 0.123 e. The highest BCUT2D eigenvalue weighted by Crippen LogP contribution is 2.44. The molecule has 0 radical (unpaired) electrons. The predicted molar refractivity (Wildman–Crippen MR) is 68.6 cm³/mol. The Kier molecular flexibility index (Phi) is 3.57. The maximum Gasteiger partial charge on any atom is 0.123 e. The molecule has 0 heterocycles. The van der Waals surface area contributed by atoms with Crippen LogP contribution in [0.2, 0.25) is 0 Å². The van der Waals surface area contributed by atoms with Crippen molar-refractivity contribution in [3.8, 4) is 11.5 Å². The zero-order valence-electron chi connectivity index (χ0n) is 10.9. The van der Waals surface area contributed by atoms with Gasteiger partial charge in [0, 0.05) is 18.7 Å². The average molecular weight is 235 g/mol. The van der Waals surface area contributed by atoms with Crippen LogP contribution in [-0.4, -0.2) is 20.8 Å². The number of hydrogen-bond donors (Lipinski definition) is 1. The van der Waals surface area contributed by atoms with E-state index in [1.54, 1.807) is 14.2 Å². The summed E-state index contributed by atoms with van der Waals surface area (Å²) in [5.41, 5.74) is 1.68.